The van der Waals surface area contributed by atoms with Crippen molar-refractivity contribution in [3.05, 3.63) is 24.3 Å². The molecule has 8 nitrogen and oxygen atoms in total. The zero-order valence-electron chi connectivity index (χ0n) is 13.5. The monoisotopic (exact) mass is 335 g/mol. The lowest BCUT2D eigenvalue weighted by Crippen LogP contribution is -2.20. The quantitative estimate of drug-likeness (QED) is 0.641. The number of amides is 1. The Kier molecular flexibility index (Phi) is 7.19. The molecule has 1 amide bonds. The highest BCUT2D eigenvalue weighted by Gasteiger charge is 2.13. The number of rotatable bonds is 10. The van der Waals surface area contributed by atoms with E-state index in [-0.39, 0.29) is 24.3 Å². The molecule has 1 heterocycles. The van der Waals surface area contributed by atoms with Crippen LogP contribution in [0.4, 0.5) is 6.01 Å². The molecule has 1 aromatic carbocycles. The minimum Gasteiger partial charge on any atom is -0.507 e. The number of phenols is 1. The van der Waals surface area contributed by atoms with Crippen molar-refractivity contribution >= 4 is 11.9 Å². The third kappa shape index (κ3) is 5.64. The number of carbonyl (C=O) groups is 1. The first-order valence-electron chi connectivity index (χ1n) is 7.78. The van der Waals surface area contributed by atoms with Gasteiger partial charge in [-0.25, -0.2) is 0 Å². The van der Waals surface area contributed by atoms with Crippen LogP contribution in [0.3, 0.4) is 0 Å². The van der Waals surface area contributed by atoms with Crippen molar-refractivity contribution < 1.29 is 23.8 Å². The maximum absolute atomic E-state index is 11.7. The van der Waals surface area contributed by atoms with Crippen molar-refractivity contribution in [2.45, 2.75) is 19.8 Å². The Morgan fingerprint density at radius 1 is 1.21 bits per heavy atom. The average Bonchev–Trinajstić information content (AvgIpc) is 3.02. The van der Waals surface area contributed by atoms with Crippen LogP contribution in [0, 0.1) is 0 Å². The van der Waals surface area contributed by atoms with E-state index in [0.717, 1.165) is 12.8 Å². The van der Waals surface area contributed by atoms with Crippen molar-refractivity contribution in [3.63, 3.8) is 0 Å². The second-order valence-electron chi connectivity index (χ2n) is 5.00. The van der Waals surface area contributed by atoms with E-state index in [1.807, 2.05) is 0 Å². The number of aromatic hydroxyl groups is 1. The molecule has 0 unspecified atom stereocenters. The molecule has 0 aliphatic heterocycles. The highest BCUT2D eigenvalue weighted by atomic mass is 16.5. The molecule has 0 fully saturated rings. The summed E-state index contributed by atoms with van der Waals surface area (Å²) in [5, 5.41) is 19.7. The van der Waals surface area contributed by atoms with Crippen molar-refractivity contribution in [2.75, 3.05) is 31.7 Å². The third-order valence-electron chi connectivity index (χ3n) is 3.05. The van der Waals surface area contributed by atoms with E-state index >= 15 is 0 Å². The van der Waals surface area contributed by atoms with E-state index in [0.29, 0.717) is 25.4 Å². The third-order valence-corrected chi connectivity index (χ3v) is 3.05. The maximum Gasteiger partial charge on any atom is 0.322 e. The first-order chi connectivity index (χ1) is 11.7. The van der Waals surface area contributed by atoms with Crippen LogP contribution < -0.4 is 5.32 Å². The second kappa shape index (κ2) is 9.64. The summed E-state index contributed by atoms with van der Waals surface area (Å²) in [6.07, 6.45) is 2.09. The number of benzene rings is 1. The van der Waals surface area contributed by atoms with Crippen molar-refractivity contribution in [1.82, 2.24) is 10.2 Å². The molecule has 8 heteroatoms. The van der Waals surface area contributed by atoms with Gasteiger partial charge in [0.2, 0.25) is 0 Å². The van der Waals surface area contributed by atoms with Gasteiger partial charge in [-0.3, -0.25) is 10.1 Å². The lowest BCUT2D eigenvalue weighted by Gasteiger charge is -2.04. The van der Waals surface area contributed by atoms with Gasteiger partial charge in [-0.2, -0.15) is 0 Å². The molecule has 0 saturated heterocycles. The SMILES string of the molecule is CCCCOCCOCC(=O)Nc1nnc(-c2ccccc2O)o1. The Morgan fingerprint density at radius 2 is 2.00 bits per heavy atom. The first kappa shape index (κ1) is 17.9. The van der Waals surface area contributed by atoms with E-state index < -0.39 is 5.91 Å². The smallest absolute Gasteiger partial charge is 0.322 e. The number of unbranched alkanes of at least 4 members (excludes halogenated alkanes) is 1. The number of phenolic OH excluding ortho intramolecular Hbond substituents is 1. The predicted octanol–water partition coefficient (Wildman–Crippen LogP) is 2.21. The van der Waals surface area contributed by atoms with Crippen LogP contribution in [0.5, 0.6) is 5.75 Å². The molecule has 1 aromatic heterocycles. The molecule has 0 atom stereocenters. The lowest BCUT2D eigenvalue weighted by atomic mass is 10.2. The van der Waals surface area contributed by atoms with Crippen LogP contribution in [-0.4, -0.2) is 47.6 Å². The Hall–Kier alpha value is -2.45. The van der Waals surface area contributed by atoms with Crippen LogP contribution in [-0.2, 0) is 14.3 Å². The van der Waals surface area contributed by atoms with E-state index in [9.17, 15) is 9.90 Å². The van der Waals surface area contributed by atoms with Gasteiger partial charge in [0.25, 0.3) is 11.8 Å². The molecule has 24 heavy (non-hydrogen) atoms. The molecule has 130 valence electrons. The van der Waals surface area contributed by atoms with E-state index in [2.05, 4.69) is 22.4 Å². The van der Waals surface area contributed by atoms with Crippen molar-refractivity contribution in [3.8, 4) is 17.2 Å². The van der Waals surface area contributed by atoms with Gasteiger partial charge in [-0.1, -0.05) is 30.6 Å². The highest BCUT2D eigenvalue weighted by molar-refractivity contribution is 5.89. The van der Waals surface area contributed by atoms with Crippen LogP contribution in [0.15, 0.2) is 28.7 Å². The Morgan fingerprint density at radius 3 is 2.79 bits per heavy atom. The number of ether oxygens (including phenoxy) is 2. The summed E-state index contributed by atoms with van der Waals surface area (Å²) in [4.78, 5) is 11.7. The molecular formula is C16H21N3O5. The summed E-state index contributed by atoms with van der Waals surface area (Å²) in [7, 11) is 0. The topological polar surface area (TPSA) is 107 Å². The van der Waals surface area contributed by atoms with Gasteiger partial charge >= 0.3 is 6.01 Å². The molecule has 0 aliphatic rings. The number of anilines is 1. The lowest BCUT2D eigenvalue weighted by molar-refractivity contribution is -0.121. The number of para-hydroxylation sites is 1. The summed E-state index contributed by atoms with van der Waals surface area (Å²) >= 11 is 0. The highest BCUT2D eigenvalue weighted by Crippen LogP contribution is 2.28. The van der Waals surface area contributed by atoms with Crippen molar-refractivity contribution in [2.24, 2.45) is 0 Å². The molecule has 2 aromatic rings. The number of carbonyl (C=O) groups excluding carboxylic acids is 1. The molecule has 0 radical (unpaired) electrons. The molecular weight excluding hydrogens is 314 g/mol. The zero-order chi connectivity index (χ0) is 17.2. The number of hydrogen-bond donors (Lipinski definition) is 2. The van der Waals surface area contributed by atoms with Gasteiger partial charge < -0.3 is 19.0 Å². The minimum atomic E-state index is -0.406. The summed E-state index contributed by atoms with van der Waals surface area (Å²) < 4.78 is 15.8. The largest absolute Gasteiger partial charge is 0.507 e. The summed E-state index contributed by atoms with van der Waals surface area (Å²) in [6.45, 7) is 3.44. The molecule has 0 spiro atoms. The molecule has 0 saturated carbocycles. The fourth-order valence-electron chi connectivity index (χ4n) is 1.82. The minimum absolute atomic E-state index is 0.0189. The Bertz CT molecular complexity index is 644. The number of nitrogens with zero attached hydrogens (tertiary/aromatic N) is 2. The predicted molar refractivity (Wildman–Crippen MR) is 86.6 cm³/mol. The summed E-state index contributed by atoms with van der Waals surface area (Å²) in [5.41, 5.74) is 0.394. The fourth-order valence-corrected chi connectivity index (χ4v) is 1.82. The van der Waals surface area contributed by atoms with Crippen LogP contribution >= 0.6 is 0 Å². The van der Waals surface area contributed by atoms with Gasteiger partial charge in [0.15, 0.2) is 0 Å². The average molecular weight is 335 g/mol. The zero-order valence-corrected chi connectivity index (χ0v) is 13.5. The second-order valence-corrected chi connectivity index (χ2v) is 5.00. The van der Waals surface area contributed by atoms with Crippen LogP contribution in [0.25, 0.3) is 11.5 Å². The van der Waals surface area contributed by atoms with Gasteiger partial charge in [0.05, 0.1) is 18.8 Å². The first-order valence-corrected chi connectivity index (χ1v) is 7.78. The Labute approximate surface area is 139 Å². The standard InChI is InChI=1S/C16H21N3O5/c1-2-3-8-22-9-10-23-11-14(21)17-16-19-18-15(24-16)12-6-4-5-7-13(12)20/h4-7,20H,2-3,8-11H2,1H3,(H,17,19,21). The molecule has 2 N–H and O–H groups in total. The normalized spacial score (nSPS) is 10.7. The van der Waals surface area contributed by atoms with E-state index in [1.165, 1.54) is 6.07 Å². The van der Waals surface area contributed by atoms with Gasteiger partial charge in [-0.15, -0.1) is 5.10 Å². The molecule has 0 bridgehead atoms. The Balaban J connectivity index is 1.72. The molecule has 0 aliphatic carbocycles. The maximum atomic E-state index is 11.7. The van der Waals surface area contributed by atoms with Gasteiger partial charge in [-0.05, 0) is 18.6 Å². The van der Waals surface area contributed by atoms with Crippen LogP contribution in [0.2, 0.25) is 0 Å². The van der Waals surface area contributed by atoms with Crippen molar-refractivity contribution in [1.29, 1.82) is 0 Å². The number of hydrogen-bond acceptors (Lipinski definition) is 7. The van der Waals surface area contributed by atoms with Gasteiger partial charge in [0.1, 0.15) is 12.4 Å². The summed E-state index contributed by atoms with van der Waals surface area (Å²) in [5.74, 6) is -0.268. The van der Waals surface area contributed by atoms with Gasteiger partial charge in [0, 0.05) is 6.61 Å². The summed E-state index contributed by atoms with van der Waals surface area (Å²) in [6, 6.07) is 6.50. The molecule has 2 rings (SSSR count). The number of aromatic nitrogens is 2. The van der Waals surface area contributed by atoms with Crippen LogP contribution in [0.1, 0.15) is 19.8 Å². The number of nitrogens with one attached hydrogen (secondary N) is 1. The van der Waals surface area contributed by atoms with E-state index in [1.54, 1.807) is 18.2 Å². The fraction of sp³-hybridized carbons (Fsp3) is 0.438. The van der Waals surface area contributed by atoms with E-state index in [4.69, 9.17) is 13.9 Å².